The van der Waals surface area contributed by atoms with Gasteiger partial charge in [0.25, 0.3) is 5.91 Å². The van der Waals surface area contributed by atoms with Gasteiger partial charge in [-0.15, -0.1) is 0 Å². The van der Waals surface area contributed by atoms with Crippen LogP contribution in [-0.4, -0.2) is 33.7 Å². The van der Waals surface area contributed by atoms with E-state index in [0.29, 0.717) is 5.92 Å². The van der Waals surface area contributed by atoms with Crippen molar-refractivity contribution in [1.29, 1.82) is 0 Å². The number of nitrogens with zero attached hydrogens (tertiary/aromatic N) is 3. The molecule has 1 unspecified atom stereocenters. The fourth-order valence-electron chi connectivity index (χ4n) is 3.40. The summed E-state index contributed by atoms with van der Waals surface area (Å²) in [6.07, 6.45) is 3.52. The van der Waals surface area contributed by atoms with Crippen molar-refractivity contribution < 1.29 is 4.79 Å². The van der Waals surface area contributed by atoms with Gasteiger partial charge in [-0.05, 0) is 62.9 Å². The number of hydrogen-bond donors (Lipinski definition) is 0. The second kappa shape index (κ2) is 6.57. The third kappa shape index (κ3) is 3.31. The van der Waals surface area contributed by atoms with Gasteiger partial charge in [-0.25, -0.2) is 4.68 Å². The van der Waals surface area contributed by atoms with E-state index >= 15 is 0 Å². The first-order valence-corrected chi connectivity index (χ1v) is 8.51. The molecule has 1 saturated heterocycles. The van der Waals surface area contributed by atoms with Crippen LogP contribution in [0.2, 0.25) is 0 Å². The molecule has 1 aromatic heterocycles. The molecule has 23 heavy (non-hydrogen) atoms. The van der Waals surface area contributed by atoms with Crippen molar-refractivity contribution >= 4 is 5.91 Å². The number of aromatic nitrogens is 2. The summed E-state index contributed by atoms with van der Waals surface area (Å²) < 4.78 is 1.91. The van der Waals surface area contributed by atoms with Crippen molar-refractivity contribution in [3.63, 3.8) is 0 Å². The van der Waals surface area contributed by atoms with E-state index in [-0.39, 0.29) is 5.91 Å². The number of likely N-dealkylation sites (tertiary alicyclic amines) is 1. The van der Waals surface area contributed by atoms with Crippen molar-refractivity contribution in [2.45, 2.75) is 40.0 Å². The zero-order chi connectivity index (χ0) is 16.4. The standard InChI is InChI=1S/C19H25N3O/c1-4-16-6-5-11-21(13-16)19(23)17-7-9-18(10-8-17)22-15(3)12-14(2)20-22/h7-10,12,16H,4-6,11,13H2,1-3H3. The molecule has 0 radical (unpaired) electrons. The zero-order valence-electron chi connectivity index (χ0n) is 14.2. The number of amides is 1. The lowest BCUT2D eigenvalue weighted by molar-refractivity contribution is 0.0671. The number of carbonyl (C=O) groups excluding carboxylic acids is 1. The van der Waals surface area contributed by atoms with Crippen LogP contribution in [0.4, 0.5) is 0 Å². The van der Waals surface area contributed by atoms with E-state index in [1.807, 2.05) is 47.7 Å². The summed E-state index contributed by atoms with van der Waals surface area (Å²) in [4.78, 5) is 14.7. The van der Waals surface area contributed by atoms with Crippen LogP contribution in [0.1, 0.15) is 47.9 Å². The Labute approximate surface area is 138 Å². The molecule has 0 N–H and O–H groups in total. The van der Waals surface area contributed by atoms with Gasteiger partial charge in [-0.2, -0.15) is 5.10 Å². The molecule has 0 aliphatic carbocycles. The predicted molar refractivity (Wildman–Crippen MR) is 92.0 cm³/mol. The van der Waals surface area contributed by atoms with Crippen LogP contribution in [0, 0.1) is 19.8 Å². The van der Waals surface area contributed by atoms with Gasteiger partial charge in [0.05, 0.1) is 11.4 Å². The Kier molecular flexibility index (Phi) is 4.51. The van der Waals surface area contributed by atoms with E-state index in [2.05, 4.69) is 18.1 Å². The second-order valence-electron chi connectivity index (χ2n) is 6.55. The highest BCUT2D eigenvalue weighted by Gasteiger charge is 2.23. The number of carbonyl (C=O) groups is 1. The van der Waals surface area contributed by atoms with Crippen LogP contribution in [0.3, 0.4) is 0 Å². The molecule has 4 heteroatoms. The molecule has 2 aromatic rings. The number of hydrogen-bond acceptors (Lipinski definition) is 2. The highest BCUT2D eigenvalue weighted by Crippen LogP contribution is 2.21. The van der Waals surface area contributed by atoms with Gasteiger partial charge in [-0.1, -0.05) is 13.3 Å². The molecule has 4 nitrogen and oxygen atoms in total. The van der Waals surface area contributed by atoms with Gasteiger partial charge in [-0.3, -0.25) is 4.79 Å². The Hall–Kier alpha value is -2.10. The van der Waals surface area contributed by atoms with Crippen molar-refractivity contribution in [2.24, 2.45) is 5.92 Å². The number of rotatable bonds is 3. The molecular formula is C19H25N3O. The molecule has 0 bridgehead atoms. The molecule has 1 aliphatic heterocycles. The fourth-order valence-corrected chi connectivity index (χ4v) is 3.40. The van der Waals surface area contributed by atoms with Crippen LogP contribution in [0.25, 0.3) is 5.69 Å². The van der Waals surface area contributed by atoms with Gasteiger partial charge in [0, 0.05) is 24.3 Å². The minimum Gasteiger partial charge on any atom is -0.338 e. The average Bonchev–Trinajstić information content (AvgIpc) is 2.93. The van der Waals surface area contributed by atoms with E-state index in [0.717, 1.165) is 48.6 Å². The van der Waals surface area contributed by atoms with Gasteiger partial charge in [0.1, 0.15) is 0 Å². The second-order valence-corrected chi connectivity index (χ2v) is 6.55. The van der Waals surface area contributed by atoms with Crippen LogP contribution in [-0.2, 0) is 0 Å². The van der Waals surface area contributed by atoms with Gasteiger partial charge >= 0.3 is 0 Å². The summed E-state index contributed by atoms with van der Waals surface area (Å²) in [5.74, 6) is 0.810. The Balaban J connectivity index is 1.76. The number of aryl methyl sites for hydroxylation is 2. The Morgan fingerprint density at radius 2 is 2.00 bits per heavy atom. The molecular weight excluding hydrogens is 286 g/mol. The molecule has 122 valence electrons. The first kappa shape index (κ1) is 15.8. The number of piperidine rings is 1. The fraction of sp³-hybridized carbons (Fsp3) is 0.474. The largest absolute Gasteiger partial charge is 0.338 e. The molecule has 0 spiro atoms. The molecule has 1 aliphatic rings. The lowest BCUT2D eigenvalue weighted by atomic mass is 9.95. The third-order valence-electron chi connectivity index (χ3n) is 4.75. The van der Waals surface area contributed by atoms with E-state index in [9.17, 15) is 4.79 Å². The average molecular weight is 311 g/mol. The topological polar surface area (TPSA) is 38.1 Å². The van der Waals surface area contributed by atoms with Crippen LogP contribution in [0.15, 0.2) is 30.3 Å². The van der Waals surface area contributed by atoms with Crippen LogP contribution in [0.5, 0.6) is 0 Å². The summed E-state index contributed by atoms with van der Waals surface area (Å²) in [5.41, 5.74) is 3.87. The molecule has 1 atom stereocenters. The smallest absolute Gasteiger partial charge is 0.253 e. The Morgan fingerprint density at radius 3 is 2.61 bits per heavy atom. The van der Waals surface area contributed by atoms with E-state index in [1.165, 1.54) is 6.42 Å². The Morgan fingerprint density at radius 1 is 1.26 bits per heavy atom. The van der Waals surface area contributed by atoms with Gasteiger partial charge < -0.3 is 4.90 Å². The maximum Gasteiger partial charge on any atom is 0.253 e. The summed E-state index contributed by atoms with van der Waals surface area (Å²) in [6.45, 7) is 8.02. The third-order valence-corrected chi connectivity index (χ3v) is 4.75. The van der Waals surface area contributed by atoms with Crippen molar-refractivity contribution in [3.8, 4) is 5.69 Å². The number of benzene rings is 1. The molecule has 3 rings (SSSR count). The highest BCUT2D eigenvalue weighted by molar-refractivity contribution is 5.94. The lowest BCUT2D eigenvalue weighted by Gasteiger charge is -2.32. The van der Waals surface area contributed by atoms with Crippen molar-refractivity contribution in [3.05, 3.63) is 47.3 Å². The van der Waals surface area contributed by atoms with Gasteiger partial charge in [0.2, 0.25) is 0 Å². The molecule has 2 heterocycles. The predicted octanol–water partition coefficient (Wildman–Crippen LogP) is 3.75. The lowest BCUT2D eigenvalue weighted by Crippen LogP contribution is -2.39. The maximum absolute atomic E-state index is 12.7. The summed E-state index contributed by atoms with van der Waals surface area (Å²) in [7, 11) is 0. The van der Waals surface area contributed by atoms with E-state index < -0.39 is 0 Å². The van der Waals surface area contributed by atoms with E-state index in [4.69, 9.17) is 0 Å². The summed E-state index contributed by atoms with van der Waals surface area (Å²) in [6, 6.07) is 9.85. The summed E-state index contributed by atoms with van der Waals surface area (Å²) in [5, 5.41) is 4.49. The summed E-state index contributed by atoms with van der Waals surface area (Å²) >= 11 is 0. The first-order chi connectivity index (χ1) is 11.1. The van der Waals surface area contributed by atoms with Crippen LogP contribution >= 0.6 is 0 Å². The maximum atomic E-state index is 12.7. The highest BCUT2D eigenvalue weighted by atomic mass is 16.2. The molecule has 1 fully saturated rings. The van der Waals surface area contributed by atoms with Crippen LogP contribution < -0.4 is 0 Å². The minimum atomic E-state index is 0.156. The van der Waals surface area contributed by atoms with Crippen molar-refractivity contribution in [2.75, 3.05) is 13.1 Å². The van der Waals surface area contributed by atoms with Crippen molar-refractivity contribution in [1.82, 2.24) is 14.7 Å². The quantitative estimate of drug-likeness (QED) is 0.866. The Bertz CT molecular complexity index is 687. The first-order valence-electron chi connectivity index (χ1n) is 8.51. The van der Waals surface area contributed by atoms with E-state index in [1.54, 1.807) is 0 Å². The normalized spacial score (nSPS) is 18.2. The minimum absolute atomic E-state index is 0.156. The zero-order valence-corrected chi connectivity index (χ0v) is 14.2. The SMILES string of the molecule is CCC1CCCN(C(=O)c2ccc(-n3nc(C)cc3C)cc2)C1. The monoisotopic (exact) mass is 311 g/mol. The molecule has 0 saturated carbocycles. The molecule has 1 amide bonds. The van der Waals surface area contributed by atoms with Gasteiger partial charge in [0.15, 0.2) is 0 Å². The molecule has 1 aromatic carbocycles.